The van der Waals surface area contributed by atoms with Crippen LogP contribution in [-0.2, 0) is 19.1 Å². The highest BCUT2D eigenvalue weighted by Crippen LogP contribution is 2.32. The highest BCUT2D eigenvalue weighted by molar-refractivity contribution is 5.92. The number of hydrogen-bond donors (Lipinski definition) is 2. The number of nitrogens with one attached hydrogen (secondary N) is 1. The lowest BCUT2D eigenvalue weighted by molar-refractivity contribution is -0.163. The summed E-state index contributed by atoms with van der Waals surface area (Å²) < 4.78 is 5.63. The lowest BCUT2D eigenvalue weighted by atomic mass is 10.0. The van der Waals surface area contributed by atoms with Crippen LogP contribution in [0, 0.1) is 12.8 Å². The van der Waals surface area contributed by atoms with E-state index in [1.807, 2.05) is 45.0 Å². The molecule has 1 saturated heterocycles. The van der Waals surface area contributed by atoms with Crippen LogP contribution in [0.25, 0.3) is 22.3 Å². The zero-order valence-corrected chi connectivity index (χ0v) is 25.0. The van der Waals surface area contributed by atoms with Crippen molar-refractivity contribution in [2.45, 2.75) is 33.3 Å². The van der Waals surface area contributed by atoms with E-state index in [1.165, 1.54) is 11.9 Å². The van der Waals surface area contributed by atoms with Gasteiger partial charge in [0.1, 0.15) is 18.1 Å². The van der Waals surface area contributed by atoms with Crippen molar-refractivity contribution in [3.8, 4) is 17.1 Å². The Labute approximate surface area is 248 Å². The largest absolute Gasteiger partial charge is 0.507 e. The van der Waals surface area contributed by atoms with E-state index in [-0.39, 0.29) is 38.0 Å². The first kappa shape index (κ1) is 30.7. The first-order chi connectivity index (χ1) is 20.1. The number of likely N-dealkylation sites (N-methyl/N-ethyl adjacent to an activating group) is 2. The Balaban J connectivity index is 0.00000506. The summed E-state index contributed by atoms with van der Waals surface area (Å²) in [6.07, 6.45) is -0.536. The zero-order valence-electron chi connectivity index (χ0n) is 25.0. The monoisotopic (exact) mass is 578 g/mol. The van der Waals surface area contributed by atoms with E-state index in [1.54, 1.807) is 30.1 Å². The van der Waals surface area contributed by atoms with Crippen LogP contribution in [0.3, 0.4) is 0 Å². The molecule has 1 fully saturated rings. The molecular formula is C31H42N6O5. The van der Waals surface area contributed by atoms with Gasteiger partial charge in [-0.3, -0.25) is 14.4 Å². The third-order valence-corrected chi connectivity index (χ3v) is 7.22. The topological polar surface area (TPSA) is 128 Å². The van der Waals surface area contributed by atoms with Crippen molar-refractivity contribution in [1.82, 2.24) is 25.1 Å². The minimum absolute atomic E-state index is 0. The highest BCUT2D eigenvalue weighted by Gasteiger charge is 2.32. The van der Waals surface area contributed by atoms with Crippen LogP contribution in [0.5, 0.6) is 5.75 Å². The van der Waals surface area contributed by atoms with Gasteiger partial charge in [-0.25, -0.2) is 9.97 Å². The summed E-state index contributed by atoms with van der Waals surface area (Å²) in [6, 6.07) is 13.0. The molecular weight excluding hydrogens is 536 g/mol. The number of fused-ring (bicyclic) bond motifs is 1. The van der Waals surface area contributed by atoms with Gasteiger partial charge in [0.05, 0.1) is 17.6 Å². The quantitative estimate of drug-likeness (QED) is 0.349. The molecule has 0 bridgehead atoms. The molecule has 1 atom stereocenters. The number of amides is 2. The number of hydrogen-bond acceptors (Lipinski definition) is 9. The summed E-state index contributed by atoms with van der Waals surface area (Å²) in [5.74, 6) is 0.314. The second-order valence-corrected chi connectivity index (χ2v) is 11.1. The van der Waals surface area contributed by atoms with Gasteiger partial charge in [0, 0.05) is 40.0 Å². The minimum atomic E-state index is -0.924. The van der Waals surface area contributed by atoms with E-state index in [9.17, 15) is 19.5 Å². The first-order valence-electron chi connectivity index (χ1n) is 14.3. The maximum Gasteiger partial charge on any atom is 0.326 e. The number of para-hydroxylation sites is 1. The zero-order chi connectivity index (χ0) is 30.4. The average Bonchev–Trinajstić information content (AvgIpc) is 2.96. The fraction of sp³-hybridized carbons (Fsp3) is 0.452. The van der Waals surface area contributed by atoms with Crippen LogP contribution < -0.4 is 10.2 Å². The summed E-state index contributed by atoms with van der Waals surface area (Å²) in [6.45, 7) is 7.73. The van der Waals surface area contributed by atoms with Crippen molar-refractivity contribution in [3.63, 3.8) is 0 Å². The Bertz CT molecular complexity index is 1440. The van der Waals surface area contributed by atoms with E-state index in [0.29, 0.717) is 44.0 Å². The van der Waals surface area contributed by atoms with Crippen molar-refractivity contribution in [3.05, 3.63) is 48.0 Å². The number of phenolic OH excluding ortho intramolecular Hbond substituents is 1. The number of carbonyl (C=O) groups is 3. The van der Waals surface area contributed by atoms with Gasteiger partial charge < -0.3 is 29.9 Å². The number of benzene rings is 2. The average molecular weight is 579 g/mol. The maximum absolute atomic E-state index is 13.5. The Morgan fingerprint density at radius 3 is 2.48 bits per heavy atom. The lowest BCUT2D eigenvalue weighted by Gasteiger charge is -2.37. The normalized spacial score (nSPS) is 14.2. The third-order valence-electron chi connectivity index (χ3n) is 7.22. The van der Waals surface area contributed by atoms with Crippen molar-refractivity contribution in [2.75, 3.05) is 58.3 Å². The predicted octanol–water partition coefficient (Wildman–Crippen LogP) is 2.84. The Hall–Kier alpha value is -4.25. The molecule has 3 aromatic rings. The van der Waals surface area contributed by atoms with Crippen molar-refractivity contribution in [2.24, 2.45) is 5.92 Å². The van der Waals surface area contributed by atoms with E-state index in [4.69, 9.17) is 14.7 Å². The van der Waals surface area contributed by atoms with Gasteiger partial charge in [-0.1, -0.05) is 32.0 Å². The minimum Gasteiger partial charge on any atom is -0.507 e. The fourth-order valence-corrected chi connectivity index (χ4v) is 4.98. The van der Waals surface area contributed by atoms with Crippen LogP contribution in [0.4, 0.5) is 5.82 Å². The van der Waals surface area contributed by atoms with E-state index >= 15 is 0 Å². The SMILES string of the molecule is CNCC(=O)N(C)CC(=O)O[C@@H](CC(C)C)C(=O)N1CCN(c2nc(-c3ccccc3O)nc3cc(C)ccc23)CC1.[HH]. The molecule has 2 heterocycles. The molecule has 226 valence electrons. The highest BCUT2D eigenvalue weighted by atomic mass is 16.5. The number of aromatic hydroxyl groups is 1. The molecule has 4 rings (SSSR count). The van der Waals surface area contributed by atoms with E-state index in [0.717, 1.165) is 22.3 Å². The predicted molar refractivity (Wildman–Crippen MR) is 163 cm³/mol. The van der Waals surface area contributed by atoms with Crippen molar-refractivity contribution < 1.29 is 25.7 Å². The molecule has 1 aromatic heterocycles. The summed E-state index contributed by atoms with van der Waals surface area (Å²) in [5, 5.41) is 14.1. The van der Waals surface area contributed by atoms with Gasteiger partial charge in [-0.05, 0) is 56.1 Å². The van der Waals surface area contributed by atoms with Gasteiger partial charge in [-0.2, -0.15) is 0 Å². The molecule has 2 aromatic carbocycles. The number of phenols is 1. The second kappa shape index (κ2) is 13.6. The van der Waals surface area contributed by atoms with Crippen molar-refractivity contribution >= 4 is 34.5 Å². The van der Waals surface area contributed by atoms with Crippen LogP contribution in [0.1, 0.15) is 27.3 Å². The standard InChI is InChI=1S/C31H40N6O5.H2/c1-20(2)16-26(42-28(40)19-35(5)27(39)18-32-4)31(41)37-14-12-36(13-15-37)30-22-11-10-21(3)17-24(22)33-29(34-30)23-8-6-7-9-25(23)38;/h6-11,17,20,26,32,38H,12-16,18-19H2,1-5H3;1H/t26-;/m0./s1. The molecule has 42 heavy (non-hydrogen) atoms. The number of piperazine rings is 1. The van der Waals surface area contributed by atoms with Crippen LogP contribution >= 0.6 is 0 Å². The number of rotatable bonds is 10. The van der Waals surface area contributed by atoms with Crippen LogP contribution in [0.15, 0.2) is 42.5 Å². The number of carbonyl (C=O) groups excluding carboxylic acids is 3. The van der Waals surface area contributed by atoms with Gasteiger partial charge >= 0.3 is 5.97 Å². The van der Waals surface area contributed by atoms with Crippen molar-refractivity contribution in [1.29, 1.82) is 0 Å². The van der Waals surface area contributed by atoms with Gasteiger partial charge in [0.15, 0.2) is 11.9 Å². The summed E-state index contributed by atoms with van der Waals surface area (Å²) >= 11 is 0. The third kappa shape index (κ3) is 7.33. The first-order valence-corrected chi connectivity index (χ1v) is 14.3. The maximum atomic E-state index is 13.5. The van der Waals surface area contributed by atoms with E-state index in [2.05, 4.69) is 10.2 Å². The lowest BCUT2D eigenvalue weighted by Crippen LogP contribution is -2.53. The molecule has 1 aliphatic heterocycles. The molecule has 0 radical (unpaired) electrons. The number of nitrogens with zero attached hydrogens (tertiary/aromatic N) is 5. The number of esters is 1. The number of ether oxygens (including phenoxy) is 1. The Morgan fingerprint density at radius 1 is 1.10 bits per heavy atom. The number of aryl methyl sites for hydroxylation is 1. The smallest absolute Gasteiger partial charge is 0.326 e. The number of aromatic nitrogens is 2. The Kier molecular flexibility index (Phi) is 9.95. The summed E-state index contributed by atoms with van der Waals surface area (Å²) in [7, 11) is 3.19. The Morgan fingerprint density at radius 2 is 1.81 bits per heavy atom. The van der Waals surface area contributed by atoms with E-state index < -0.39 is 12.1 Å². The molecule has 0 aliphatic carbocycles. The van der Waals surface area contributed by atoms with Gasteiger partial charge in [-0.15, -0.1) is 0 Å². The van der Waals surface area contributed by atoms with Gasteiger partial charge in [0.2, 0.25) is 5.91 Å². The summed E-state index contributed by atoms with van der Waals surface area (Å²) in [4.78, 5) is 53.0. The molecule has 2 N–H and O–H groups in total. The summed E-state index contributed by atoms with van der Waals surface area (Å²) in [5.41, 5.74) is 2.39. The van der Waals surface area contributed by atoms with Crippen LogP contribution in [0.2, 0.25) is 0 Å². The molecule has 0 saturated carbocycles. The molecule has 1 aliphatic rings. The van der Waals surface area contributed by atoms with Crippen LogP contribution in [-0.4, -0.2) is 102 Å². The van der Waals surface area contributed by atoms with Gasteiger partial charge in [0.25, 0.3) is 5.91 Å². The number of anilines is 1. The molecule has 11 heteroatoms. The molecule has 11 nitrogen and oxygen atoms in total. The molecule has 0 unspecified atom stereocenters. The molecule has 2 amide bonds. The second-order valence-electron chi connectivity index (χ2n) is 11.1. The fourth-order valence-electron chi connectivity index (χ4n) is 4.98. The molecule has 0 spiro atoms.